The van der Waals surface area contributed by atoms with Crippen molar-refractivity contribution in [3.05, 3.63) is 177 Å². The lowest BCUT2D eigenvalue weighted by atomic mass is 9.90. The number of nitrogen functional groups attached to an aromatic ring is 2. The molecule has 8 bridgehead atoms. The molecule has 8 amide bonds. The van der Waals surface area contributed by atoms with Crippen LogP contribution in [0.3, 0.4) is 0 Å². The van der Waals surface area contributed by atoms with Gasteiger partial charge in [-0.05, 0) is 94.2 Å². The SMILES string of the molecule is CCCOc1c2cccc1Cc1cc(Nc3nc(N)nc(NCC(C)(C)CNC(=O)CNC(=O)CNC(=O)CNC(=O)OCc4ccccc4)n3)cc(c1OCCC)Cc1cccc(c1OCCC)Cc1cc(Nc3nc(N)nc(NCC(C)(C)CNC(=O)CNC(=O)CNC(=O)CNC(=O)OCc4ccccc4)n3)cc(c1OCCC)C2. The number of anilines is 8. The monoisotopic (exact) mass is 1620 g/mol. The quantitative estimate of drug-likeness (QED) is 0.0172. The molecule has 118 heavy (non-hydrogen) atoms. The molecule has 16 N–H and O–H groups in total. The number of hydrogen-bond donors (Lipinski definition) is 14. The fourth-order valence-electron chi connectivity index (χ4n) is 12.1. The summed E-state index contributed by atoms with van der Waals surface area (Å²) in [6.45, 7) is 16.2. The van der Waals surface area contributed by atoms with Gasteiger partial charge in [0.1, 0.15) is 49.3 Å². The van der Waals surface area contributed by atoms with Gasteiger partial charge in [0.25, 0.3) is 0 Å². The third-order valence-corrected chi connectivity index (χ3v) is 18.0. The zero-order valence-electron chi connectivity index (χ0n) is 68.1. The molecule has 0 fully saturated rings. The van der Waals surface area contributed by atoms with E-state index in [9.17, 15) is 38.4 Å². The Morgan fingerprint density at radius 3 is 0.924 bits per heavy atom. The predicted molar refractivity (Wildman–Crippen MR) is 447 cm³/mol. The average Bonchev–Trinajstić information content (AvgIpc) is 0.794. The molecule has 8 aromatic rings. The van der Waals surface area contributed by atoms with E-state index in [0.717, 1.165) is 81.3 Å². The summed E-state index contributed by atoms with van der Waals surface area (Å²) in [6, 6.07) is 38.5. The first-order valence-corrected chi connectivity index (χ1v) is 39.4. The third-order valence-electron chi connectivity index (χ3n) is 18.0. The molecular formula is C84H108N20O14. The minimum absolute atomic E-state index is 0.0250. The van der Waals surface area contributed by atoms with Crippen molar-refractivity contribution in [2.24, 2.45) is 10.8 Å². The van der Waals surface area contributed by atoms with E-state index in [1.54, 1.807) is 24.3 Å². The molecule has 1 aliphatic rings. The number of ether oxygens (including phenoxy) is 6. The van der Waals surface area contributed by atoms with Crippen LogP contribution in [0.25, 0.3) is 0 Å². The van der Waals surface area contributed by atoms with E-state index >= 15 is 0 Å². The second kappa shape index (κ2) is 44.5. The number of rotatable bonds is 42. The molecule has 0 saturated carbocycles. The summed E-state index contributed by atoms with van der Waals surface area (Å²) < 4.78 is 37.7. The van der Waals surface area contributed by atoms with Gasteiger partial charge in [0.15, 0.2) is 0 Å². The molecule has 0 radical (unpaired) electrons. The van der Waals surface area contributed by atoms with Gasteiger partial charge in [0, 0.05) is 85.5 Å². The molecule has 9 rings (SSSR count). The first kappa shape index (κ1) is 88.6. The van der Waals surface area contributed by atoms with E-state index in [1.807, 2.05) is 100 Å². The van der Waals surface area contributed by atoms with E-state index in [4.69, 9.17) is 49.9 Å². The van der Waals surface area contributed by atoms with Crippen LogP contribution < -0.4 is 94.2 Å². The number of fused-ring (bicyclic) bond motifs is 8. The number of carbonyl (C=O) groups excluding carboxylic acids is 8. The first-order chi connectivity index (χ1) is 56.8. The normalized spacial score (nSPS) is 11.6. The Bertz CT molecular complexity index is 4360. The highest BCUT2D eigenvalue weighted by atomic mass is 16.6. The van der Waals surface area contributed by atoms with Crippen LogP contribution in [0.5, 0.6) is 23.0 Å². The Hall–Kier alpha value is -13.3. The maximum Gasteiger partial charge on any atom is 0.407 e. The van der Waals surface area contributed by atoms with Gasteiger partial charge in [0.05, 0.1) is 52.6 Å². The molecule has 1 aliphatic carbocycles. The van der Waals surface area contributed by atoms with Gasteiger partial charge in [-0.25, -0.2) is 9.59 Å². The van der Waals surface area contributed by atoms with Gasteiger partial charge in [-0.2, -0.15) is 29.9 Å². The summed E-state index contributed by atoms with van der Waals surface area (Å²) in [4.78, 5) is 127. The van der Waals surface area contributed by atoms with Crippen LogP contribution >= 0.6 is 0 Å². The van der Waals surface area contributed by atoms with Gasteiger partial charge in [-0.3, -0.25) is 28.8 Å². The van der Waals surface area contributed by atoms with Crippen LogP contribution in [-0.4, -0.2) is 169 Å². The molecule has 0 aliphatic heterocycles. The standard InChI is InChI=1S/C84H108N20O14/c1-9-29-113-71-55-25-19-26-56(71)34-60-38-64(98-80-102-76(86)100-78(104-80)96-52-84(7,8)50-94-70(110)44-90-66(106)42-88-68(108)46-92-82(112)118-48-54-23-17-14-18-24-54)40-62(74(60)116-32-12-4)36-58-28-20-27-57(72(58)114-30-10-2)35-61-39-63(37-59(33-55)73(61)115-31-11-3)97-79-101-75(85)99-77(103-79)95-51-83(5,6)49-93-69(109)43-89-65(105)41-87-67(107)45-91-81(111)117-47-53-21-15-13-16-22-53/h13-28,37-40H,9-12,29-36,41-52H2,1-8H3,(H,87,107)(H,88,108)(H,89,105)(H,90,106)(H,91,111)(H,92,112)(H,93,109)(H,94,110)(H4,85,95,97,99,101,103)(H4,86,96,98,100,102,104). The van der Waals surface area contributed by atoms with Crippen molar-refractivity contribution in [1.82, 2.24) is 72.4 Å². The Balaban J connectivity index is 0.891. The molecule has 2 aromatic heterocycles. The summed E-state index contributed by atoms with van der Waals surface area (Å²) in [5, 5.41) is 33.6. The molecule has 0 saturated heterocycles. The van der Waals surface area contributed by atoms with Crippen molar-refractivity contribution in [2.45, 2.75) is 120 Å². The minimum Gasteiger partial charge on any atom is -0.493 e. The number of amides is 8. The topological polar surface area (TPSA) is 466 Å². The predicted octanol–water partition coefficient (Wildman–Crippen LogP) is 7.97. The number of hydrogen-bond acceptors (Lipinski definition) is 26. The van der Waals surface area contributed by atoms with Crippen molar-refractivity contribution in [3.63, 3.8) is 0 Å². The average molecular weight is 1620 g/mol. The number of benzene rings is 6. The van der Waals surface area contributed by atoms with Gasteiger partial charge in [-0.1, -0.05) is 152 Å². The molecule has 34 nitrogen and oxygen atoms in total. The lowest BCUT2D eigenvalue weighted by Gasteiger charge is -2.25. The smallest absolute Gasteiger partial charge is 0.407 e. The van der Waals surface area contributed by atoms with E-state index in [0.29, 0.717) is 86.5 Å². The maximum absolute atomic E-state index is 13.0. The minimum atomic E-state index is -0.795. The lowest BCUT2D eigenvalue weighted by molar-refractivity contribution is -0.127. The summed E-state index contributed by atoms with van der Waals surface area (Å²) in [5.41, 5.74) is 21.5. The van der Waals surface area contributed by atoms with Crippen LogP contribution in [0, 0.1) is 10.8 Å². The Morgan fingerprint density at radius 1 is 0.339 bits per heavy atom. The zero-order chi connectivity index (χ0) is 84.4. The molecule has 0 spiro atoms. The molecule has 2 heterocycles. The van der Waals surface area contributed by atoms with Crippen molar-refractivity contribution < 1.29 is 66.8 Å². The highest BCUT2D eigenvalue weighted by Crippen LogP contribution is 2.42. The third kappa shape index (κ3) is 29.2. The second-order valence-corrected chi connectivity index (χ2v) is 29.6. The maximum atomic E-state index is 13.0. The van der Waals surface area contributed by atoms with Crippen molar-refractivity contribution in [3.8, 4) is 23.0 Å². The number of aromatic nitrogens is 6. The molecule has 0 unspecified atom stereocenters. The van der Waals surface area contributed by atoms with Gasteiger partial charge in [-0.15, -0.1) is 0 Å². The van der Waals surface area contributed by atoms with Crippen molar-refractivity contribution in [2.75, 3.05) is 125 Å². The van der Waals surface area contributed by atoms with Crippen molar-refractivity contribution in [1.29, 1.82) is 0 Å². The molecule has 0 atom stereocenters. The van der Waals surface area contributed by atoms with Crippen LogP contribution in [0.1, 0.15) is 137 Å². The summed E-state index contributed by atoms with van der Waals surface area (Å²) in [5.74, 6) is -0.0466. The molecule has 34 heteroatoms. The summed E-state index contributed by atoms with van der Waals surface area (Å²) in [6.07, 6.45) is 2.79. The van der Waals surface area contributed by atoms with E-state index in [2.05, 4.69) is 136 Å². The largest absolute Gasteiger partial charge is 0.493 e. The van der Waals surface area contributed by atoms with E-state index in [-0.39, 0.29) is 88.2 Å². The number of alkyl carbamates (subject to hydrolysis) is 2. The van der Waals surface area contributed by atoms with Gasteiger partial charge >= 0.3 is 12.2 Å². The lowest BCUT2D eigenvalue weighted by Crippen LogP contribution is -2.46. The molecular weight excluding hydrogens is 1510 g/mol. The Labute approximate surface area is 686 Å². The zero-order valence-corrected chi connectivity index (χ0v) is 68.1. The fourth-order valence-corrected chi connectivity index (χ4v) is 12.1. The number of nitrogens with zero attached hydrogens (tertiary/aromatic N) is 6. The van der Waals surface area contributed by atoms with Gasteiger partial charge in [0.2, 0.25) is 71.1 Å². The highest BCUT2D eigenvalue weighted by Gasteiger charge is 2.27. The second-order valence-electron chi connectivity index (χ2n) is 29.6. The number of carbonyl (C=O) groups is 8. The number of nitrogens with one attached hydrogen (secondary N) is 12. The molecule has 628 valence electrons. The van der Waals surface area contributed by atoms with Crippen LogP contribution in [0.2, 0.25) is 0 Å². The highest BCUT2D eigenvalue weighted by molar-refractivity contribution is 5.90. The van der Waals surface area contributed by atoms with Crippen molar-refractivity contribution >= 4 is 94.7 Å². The van der Waals surface area contributed by atoms with E-state index in [1.165, 1.54) is 0 Å². The summed E-state index contributed by atoms with van der Waals surface area (Å²) in [7, 11) is 0. The van der Waals surface area contributed by atoms with E-state index < -0.39 is 84.6 Å². The number of para-hydroxylation sites is 2. The Kier molecular flexibility index (Phi) is 33.5. The summed E-state index contributed by atoms with van der Waals surface area (Å²) >= 11 is 0. The van der Waals surface area contributed by atoms with Crippen LogP contribution in [-0.2, 0) is 77.1 Å². The fraction of sp³-hybridized carbons (Fsp3) is 0.405. The first-order valence-electron chi connectivity index (χ1n) is 39.4. The van der Waals surface area contributed by atoms with Crippen LogP contribution in [0.4, 0.5) is 56.7 Å². The molecule has 6 aromatic carbocycles. The van der Waals surface area contributed by atoms with Gasteiger partial charge < -0.3 is 104 Å². The van der Waals surface area contributed by atoms with Crippen LogP contribution in [0.15, 0.2) is 121 Å². The number of nitrogens with two attached hydrogens (primary N) is 2. The Morgan fingerprint density at radius 2 is 0.619 bits per heavy atom.